The Morgan fingerprint density at radius 2 is 1.59 bits per heavy atom. The van der Waals surface area contributed by atoms with Gasteiger partial charge in [-0.2, -0.15) is 0 Å². The van der Waals surface area contributed by atoms with Gasteiger partial charge in [-0.3, -0.25) is 14.9 Å². The van der Waals surface area contributed by atoms with Crippen molar-refractivity contribution in [2.75, 3.05) is 0 Å². The highest BCUT2D eigenvalue weighted by atomic mass is 16.6. The van der Waals surface area contributed by atoms with E-state index in [-0.39, 0.29) is 11.5 Å². The third kappa shape index (κ3) is 5.12. The van der Waals surface area contributed by atoms with E-state index in [1.807, 2.05) is 54.6 Å². The number of non-ortho nitro benzene ring substituents is 1. The maximum atomic E-state index is 12.1. The highest BCUT2D eigenvalue weighted by Gasteiger charge is 2.07. The number of rotatable bonds is 7. The third-order valence-electron chi connectivity index (χ3n) is 3.92. The quantitative estimate of drug-likeness (QED) is 0.256. The smallest absolute Gasteiger partial charge is 0.269 e. The van der Waals surface area contributed by atoms with Crippen LogP contribution in [0.5, 0.6) is 5.75 Å². The van der Waals surface area contributed by atoms with Gasteiger partial charge in [0.2, 0.25) is 0 Å². The van der Waals surface area contributed by atoms with Crippen molar-refractivity contribution in [2.24, 2.45) is 0 Å². The molecule has 0 amide bonds. The molecule has 3 aromatic carbocycles. The summed E-state index contributed by atoms with van der Waals surface area (Å²) in [6.07, 6.45) is 3.14. The first-order chi connectivity index (χ1) is 13.1. The lowest BCUT2D eigenvalue weighted by Gasteiger charge is -2.06. The van der Waals surface area contributed by atoms with Crippen molar-refractivity contribution in [3.63, 3.8) is 0 Å². The van der Waals surface area contributed by atoms with Gasteiger partial charge in [-0.25, -0.2) is 0 Å². The minimum atomic E-state index is -0.495. The Morgan fingerprint density at radius 3 is 2.22 bits per heavy atom. The van der Waals surface area contributed by atoms with E-state index < -0.39 is 4.92 Å². The van der Waals surface area contributed by atoms with E-state index in [4.69, 9.17) is 4.74 Å². The van der Waals surface area contributed by atoms with E-state index in [1.165, 1.54) is 30.3 Å². The molecule has 0 heterocycles. The van der Waals surface area contributed by atoms with E-state index >= 15 is 0 Å². The molecule has 5 heteroatoms. The molecule has 0 spiro atoms. The van der Waals surface area contributed by atoms with Crippen LogP contribution < -0.4 is 4.74 Å². The summed E-state index contributed by atoms with van der Waals surface area (Å²) in [6, 6.07) is 22.8. The Kier molecular flexibility index (Phi) is 5.74. The molecule has 0 aliphatic heterocycles. The van der Waals surface area contributed by atoms with E-state index in [1.54, 1.807) is 6.08 Å². The first-order valence-corrected chi connectivity index (χ1v) is 8.35. The van der Waals surface area contributed by atoms with Crippen molar-refractivity contribution in [3.8, 4) is 5.75 Å². The summed E-state index contributed by atoms with van der Waals surface area (Å²) in [6.45, 7) is 0.495. The van der Waals surface area contributed by atoms with Crippen LogP contribution >= 0.6 is 0 Å². The van der Waals surface area contributed by atoms with Gasteiger partial charge in [0.25, 0.3) is 5.69 Å². The second-order valence-corrected chi connectivity index (χ2v) is 5.84. The van der Waals surface area contributed by atoms with E-state index in [0.29, 0.717) is 12.2 Å². The molecule has 0 saturated carbocycles. The number of allylic oxidation sites excluding steroid dienone is 1. The van der Waals surface area contributed by atoms with Crippen molar-refractivity contribution in [2.45, 2.75) is 6.61 Å². The van der Waals surface area contributed by atoms with Crippen LogP contribution in [0.4, 0.5) is 5.69 Å². The zero-order valence-corrected chi connectivity index (χ0v) is 14.4. The van der Waals surface area contributed by atoms with Crippen molar-refractivity contribution < 1.29 is 14.5 Å². The molecule has 5 nitrogen and oxygen atoms in total. The number of nitro benzene ring substituents is 1. The summed E-state index contributed by atoms with van der Waals surface area (Å²) in [5.74, 6) is 0.534. The zero-order chi connectivity index (χ0) is 19.1. The average molecular weight is 359 g/mol. The van der Waals surface area contributed by atoms with Crippen molar-refractivity contribution in [1.29, 1.82) is 0 Å². The van der Waals surface area contributed by atoms with Gasteiger partial charge in [0.15, 0.2) is 5.78 Å². The van der Waals surface area contributed by atoms with Gasteiger partial charge in [-0.05, 0) is 41.5 Å². The van der Waals surface area contributed by atoms with Crippen molar-refractivity contribution in [1.82, 2.24) is 0 Å². The molecule has 3 rings (SSSR count). The molecule has 0 N–H and O–H groups in total. The molecule has 0 bridgehead atoms. The fourth-order valence-corrected chi connectivity index (χ4v) is 2.43. The van der Waals surface area contributed by atoms with E-state index in [2.05, 4.69) is 0 Å². The average Bonchev–Trinajstić information content (AvgIpc) is 2.72. The van der Waals surface area contributed by atoms with Gasteiger partial charge in [-0.1, -0.05) is 48.5 Å². The lowest BCUT2D eigenvalue weighted by Crippen LogP contribution is -1.95. The van der Waals surface area contributed by atoms with E-state index in [9.17, 15) is 14.9 Å². The van der Waals surface area contributed by atoms with Crippen LogP contribution in [0, 0.1) is 10.1 Å². The van der Waals surface area contributed by atoms with Crippen LogP contribution in [0.15, 0.2) is 84.9 Å². The lowest BCUT2D eigenvalue weighted by molar-refractivity contribution is -0.384. The largest absolute Gasteiger partial charge is 0.489 e. The molecule has 3 aromatic rings. The summed E-state index contributed by atoms with van der Waals surface area (Å²) < 4.78 is 5.73. The predicted molar refractivity (Wildman–Crippen MR) is 104 cm³/mol. The standard InChI is InChI=1S/C22H17NO4/c24-22(19-9-11-20(12-10-19)23(25)26)15-8-17-6-13-21(14-7-17)27-16-18-4-2-1-3-5-18/h1-15H,16H2/b15-8-. The number of nitrogens with zero attached hydrogens (tertiary/aromatic N) is 1. The fraction of sp³-hybridized carbons (Fsp3) is 0.0455. The molecule has 0 atom stereocenters. The highest BCUT2D eigenvalue weighted by molar-refractivity contribution is 6.06. The first kappa shape index (κ1) is 18.1. The molecule has 0 aliphatic rings. The predicted octanol–water partition coefficient (Wildman–Crippen LogP) is 5.07. The Hall–Kier alpha value is -3.73. The normalized spacial score (nSPS) is 10.7. The van der Waals surface area contributed by atoms with Crippen LogP contribution in [0.3, 0.4) is 0 Å². The molecular formula is C22H17NO4. The number of hydrogen-bond donors (Lipinski definition) is 0. The molecule has 27 heavy (non-hydrogen) atoms. The second-order valence-electron chi connectivity index (χ2n) is 5.84. The molecule has 0 radical (unpaired) electrons. The van der Waals surface area contributed by atoms with Gasteiger partial charge >= 0.3 is 0 Å². The Morgan fingerprint density at radius 1 is 0.926 bits per heavy atom. The maximum Gasteiger partial charge on any atom is 0.269 e. The van der Waals surface area contributed by atoms with Crippen molar-refractivity contribution >= 4 is 17.5 Å². The van der Waals surface area contributed by atoms with Crippen LogP contribution in [0.1, 0.15) is 21.5 Å². The van der Waals surface area contributed by atoms with Crippen LogP contribution in [0.2, 0.25) is 0 Å². The molecule has 0 aromatic heterocycles. The topological polar surface area (TPSA) is 69.4 Å². The number of carbonyl (C=O) groups is 1. The first-order valence-electron chi connectivity index (χ1n) is 8.35. The number of nitro groups is 1. The minimum absolute atomic E-state index is 0.0402. The van der Waals surface area contributed by atoms with Gasteiger partial charge in [0.05, 0.1) is 4.92 Å². The number of hydrogen-bond acceptors (Lipinski definition) is 4. The highest BCUT2D eigenvalue weighted by Crippen LogP contribution is 2.16. The number of carbonyl (C=O) groups excluding carboxylic acids is 1. The summed E-state index contributed by atoms with van der Waals surface area (Å²) in [5.41, 5.74) is 2.31. The minimum Gasteiger partial charge on any atom is -0.489 e. The second kappa shape index (κ2) is 8.58. The molecular weight excluding hydrogens is 342 g/mol. The lowest BCUT2D eigenvalue weighted by atomic mass is 10.1. The molecule has 0 unspecified atom stereocenters. The molecule has 0 saturated heterocycles. The summed E-state index contributed by atoms with van der Waals surface area (Å²) in [7, 11) is 0. The van der Waals surface area contributed by atoms with Gasteiger partial charge in [-0.15, -0.1) is 0 Å². The summed E-state index contributed by atoms with van der Waals surface area (Å²) in [4.78, 5) is 22.3. The SMILES string of the molecule is O=C(/C=C\c1ccc(OCc2ccccc2)cc1)c1ccc([N+](=O)[O-])cc1. The monoisotopic (exact) mass is 359 g/mol. The number of ketones is 1. The molecule has 0 fully saturated rings. The number of benzene rings is 3. The van der Waals surface area contributed by atoms with E-state index in [0.717, 1.165) is 16.9 Å². The van der Waals surface area contributed by atoms with Crippen LogP contribution in [0.25, 0.3) is 6.08 Å². The Balaban J connectivity index is 1.58. The van der Waals surface area contributed by atoms with Gasteiger partial charge in [0, 0.05) is 17.7 Å². The van der Waals surface area contributed by atoms with Gasteiger partial charge in [0.1, 0.15) is 12.4 Å². The molecule has 134 valence electrons. The summed E-state index contributed by atoms with van der Waals surface area (Å²) >= 11 is 0. The third-order valence-corrected chi connectivity index (χ3v) is 3.92. The number of ether oxygens (including phenoxy) is 1. The van der Waals surface area contributed by atoms with Crippen LogP contribution in [-0.2, 0) is 6.61 Å². The van der Waals surface area contributed by atoms with Crippen molar-refractivity contribution in [3.05, 3.63) is 112 Å². The maximum absolute atomic E-state index is 12.1. The zero-order valence-electron chi connectivity index (χ0n) is 14.4. The Labute approximate surface area is 156 Å². The van der Waals surface area contributed by atoms with Gasteiger partial charge < -0.3 is 4.74 Å². The molecule has 0 aliphatic carbocycles. The summed E-state index contributed by atoms with van der Waals surface area (Å²) in [5, 5.41) is 10.6. The Bertz CT molecular complexity index is 946. The fourth-order valence-electron chi connectivity index (χ4n) is 2.43. The van der Waals surface area contributed by atoms with Crippen LogP contribution in [-0.4, -0.2) is 10.7 Å².